The van der Waals surface area contributed by atoms with E-state index in [9.17, 15) is 4.79 Å². The number of amidine groups is 1. The Morgan fingerprint density at radius 2 is 1.63 bits per heavy atom. The van der Waals surface area contributed by atoms with Crippen molar-refractivity contribution in [3.05, 3.63) is 117 Å². The van der Waals surface area contributed by atoms with Crippen molar-refractivity contribution >= 4 is 46.2 Å². The molecule has 9 heteroatoms. The number of thioether (sulfide) groups is 1. The summed E-state index contributed by atoms with van der Waals surface area (Å²) in [6.07, 6.45) is 1.76. The molecule has 5 rings (SSSR count). The van der Waals surface area contributed by atoms with Crippen LogP contribution in [0, 0.1) is 6.92 Å². The maximum atomic E-state index is 12.7. The van der Waals surface area contributed by atoms with Gasteiger partial charge in [-0.3, -0.25) is 4.79 Å². The lowest BCUT2D eigenvalue weighted by Gasteiger charge is -2.16. The van der Waals surface area contributed by atoms with Crippen molar-refractivity contribution in [2.75, 3.05) is 13.7 Å². The Balaban J connectivity index is 1.29. The van der Waals surface area contributed by atoms with Crippen LogP contribution in [0.25, 0.3) is 6.08 Å². The molecule has 43 heavy (non-hydrogen) atoms. The van der Waals surface area contributed by atoms with Gasteiger partial charge < -0.3 is 24.3 Å². The van der Waals surface area contributed by atoms with Gasteiger partial charge in [-0.25, -0.2) is 4.99 Å². The number of ether oxygens (including phenoxy) is 4. The maximum absolute atomic E-state index is 12.7. The SMILES string of the molecule is CCOc1cc(/C=C2/SC(=Nc3ccc(C)cc3)NC2=O)cc(Cl)c1OCc1ccc(OCc2ccccc2)c(OC)c1. The number of aryl methyl sites for hydroxylation is 1. The summed E-state index contributed by atoms with van der Waals surface area (Å²) in [5.41, 5.74) is 4.55. The van der Waals surface area contributed by atoms with Crippen LogP contribution in [0.15, 0.2) is 94.8 Å². The first-order valence-electron chi connectivity index (χ1n) is 13.7. The Labute approximate surface area is 260 Å². The Morgan fingerprint density at radius 3 is 2.37 bits per heavy atom. The molecule has 4 aromatic carbocycles. The number of halogens is 1. The fraction of sp³-hybridized carbons (Fsp3) is 0.176. The minimum absolute atomic E-state index is 0.226. The average molecular weight is 615 g/mol. The number of hydrogen-bond acceptors (Lipinski definition) is 7. The highest BCUT2D eigenvalue weighted by Crippen LogP contribution is 2.39. The lowest BCUT2D eigenvalue weighted by molar-refractivity contribution is -0.115. The second kappa shape index (κ2) is 14.2. The molecule has 0 radical (unpaired) electrons. The number of carbonyl (C=O) groups excluding carboxylic acids is 1. The summed E-state index contributed by atoms with van der Waals surface area (Å²) in [4.78, 5) is 17.7. The van der Waals surface area contributed by atoms with Gasteiger partial charge in [-0.15, -0.1) is 0 Å². The highest BCUT2D eigenvalue weighted by atomic mass is 35.5. The third kappa shape index (κ3) is 7.91. The van der Waals surface area contributed by atoms with Crippen molar-refractivity contribution in [3.63, 3.8) is 0 Å². The fourth-order valence-electron chi connectivity index (χ4n) is 4.25. The number of aliphatic imine (C=N–C) groups is 1. The number of carbonyl (C=O) groups is 1. The van der Waals surface area contributed by atoms with Gasteiger partial charge in [0.2, 0.25) is 0 Å². The fourth-order valence-corrected chi connectivity index (χ4v) is 5.37. The standard InChI is InChI=1S/C34H31ClN2O5S/c1-4-40-30-18-25(19-31-33(38)37-34(43-31)36-26-13-10-22(2)11-14-26)16-27(35)32(30)42-21-24-12-15-28(29(17-24)39-3)41-20-23-8-6-5-7-9-23/h5-19H,4,20-21H2,1-3H3,(H,36,37,38)/b31-19+. The largest absolute Gasteiger partial charge is 0.493 e. The van der Waals surface area contributed by atoms with Crippen molar-refractivity contribution in [1.29, 1.82) is 0 Å². The molecule has 220 valence electrons. The molecule has 1 N–H and O–H groups in total. The Hall–Kier alpha value is -4.40. The van der Waals surface area contributed by atoms with Crippen LogP contribution in [0.4, 0.5) is 5.69 Å². The molecular weight excluding hydrogens is 584 g/mol. The topological polar surface area (TPSA) is 78.4 Å². The first kappa shape index (κ1) is 30.1. The summed E-state index contributed by atoms with van der Waals surface area (Å²) in [7, 11) is 1.60. The summed E-state index contributed by atoms with van der Waals surface area (Å²) in [6, 6.07) is 26.9. The lowest BCUT2D eigenvalue weighted by atomic mass is 10.1. The van der Waals surface area contributed by atoms with Gasteiger partial charge in [-0.2, -0.15) is 0 Å². The van der Waals surface area contributed by atoms with Crippen molar-refractivity contribution in [2.24, 2.45) is 4.99 Å². The number of nitrogens with zero attached hydrogens (tertiary/aromatic N) is 1. The summed E-state index contributed by atoms with van der Waals surface area (Å²) in [6.45, 7) is 4.98. The van der Waals surface area contributed by atoms with Crippen molar-refractivity contribution < 1.29 is 23.7 Å². The molecule has 4 aromatic rings. The highest BCUT2D eigenvalue weighted by molar-refractivity contribution is 8.18. The number of amides is 1. The van der Waals surface area contributed by atoms with Crippen LogP contribution in [0.1, 0.15) is 29.2 Å². The summed E-state index contributed by atoms with van der Waals surface area (Å²) in [5.74, 6) is 1.91. The molecule has 1 heterocycles. The molecule has 0 aromatic heterocycles. The molecule has 0 unspecified atom stereocenters. The van der Waals surface area contributed by atoms with Gasteiger partial charge in [0, 0.05) is 0 Å². The van der Waals surface area contributed by atoms with Crippen LogP contribution >= 0.6 is 23.4 Å². The lowest BCUT2D eigenvalue weighted by Crippen LogP contribution is -2.19. The number of benzene rings is 4. The van der Waals surface area contributed by atoms with Crippen molar-refractivity contribution in [1.82, 2.24) is 5.32 Å². The van der Waals surface area contributed by atoms with Gasteiger partial charge in [-0.05, 0) is 84.8 Å². The zero-order valence-corrected chi connectivity index (χ0v) is 25.6. The first-order valence-corrected chi connectivity index (χ1v) is 14.9. The van der Waals surface area contributed by atoms with Gasteiger partial charge >= 0.3 is 0 Å². The smallest absolute Gasteiger partial charge is 0.264 e. The van der Waals surface area contributed by atoms with Gasteiger partial charge in [0.1, 0.15) is 13.2 Å². The second-order valence-electron chi connectivity index (χ2n) is 9.63. The molecule has 1 fully saturated rings. The molecule has 7 nitrogen and oxygen atoms in total. The quantitative estimate of drug-likeness (QED) is 0.172. The molecule has 0 atom stereocenters. The minimum Gasteiger partial charge on any atom is -0.493 e. The Bertz CT molecular complexity index is 1660. The van der Waals surface area contributed by atoms with Crippen molar-refractivity contribution in [3.8, 4) is 23.0 Å². The van der Waals surface area contributed by atoms with Crippen LogP contribution in [0.5, 0.6) is 23.0 Å². The molecule has 0 saturated carbocycles. The summed E-state index contributed by atoms with van der Waals surface area (Å²) in [5, 5.41) is 3.70. The predicted octanol–water partition coefficient (Wildman–Crippen LogP) is 8.11. The zero-order valence-electron chi connectivity index (χ0n) is 24.1. The van der Waals surface area contributed by atoms with E-state index in [0.29, 0.717) is 56.9 Å². The van der Waals surface area contributed by atoms with Crippen molar-refractivity contribution in [2.45, 2.75) is 27.1 Å². The number of rotatable bonds is 11. The first-order chi connectivity index (χ1) is 20.9. The normalized spacial score (nSPS) is 14.6. The van der Waals surface area contributed by atoms with Gasteiger partial charge in [0.05, 0.1) is 29.3 Å². The molecule has 1 aliphatic rings. The van der Waals surface area contributed by atoms with Crippen LogP contribution in [0.3, 0.4) is 0 Å². The molecule has 1 amide bonds. The maximum Gasteiger partial charge on any atom is 0.264 e. The molecule has 0 aliphatic carbocycles. The van der Waals surface area contributed by atoms with Crippen LogP contribution in [0.2, 0.25) is 5.02 Å². The third-order valence-corrected chi connectivity index (χ3v) is 7.58. The minimum atomic E-state index is -0.226. The van der Waals surface area contributed by atoms with E-state index in [4.69, 9.17) is 30.5 Å². The zero-order chi connectivity index (χ0) is 30.2. The monoisotopic (exact) mass is 614 g/mol. The number of methoxy groups -OCH3 is 1. The van der Waals surface area contributed by atoms with E-state index in [1.165, 1.54) is 11.8 Å². The Kier molecular flexibility index (Phi) is 9.92. The Morgan fingerprint density at radius 1 is 0.860 bits per heavy atom. The van der Waals surface area contributed by atoms with E-state index >= 15 is 0 Å². The number of nitrogens with one attached hydrogen (secondary N) is 1. The summed E-state index contributed by atoms with van der Waals surface area (Å²) >= 11 is 7.95. The highest BCUT2D eigenvalue weighted by Gasteiger charge is 2.24. The van der Waals surface area contributed by atoms with E-state index in [0.717, 1.165) is 22.4 Å². The van der Waals surface area contributed by atoms with E-state index in [2.05, 4.69) is 10.3 Å². The molecule has 0 spiro atoms. The van der Waals surface area contributed by atoms with Gasteiger partial charge in [-0.1, -0.05) is 65.7 Å². The molecule has 1 saturated heterocycles. The number of hydrogen-bond donors (Lipinski definition) is 1. The van der Waals surface area contributed by atoms with Crippen LogP contribution < -0.4 is 24.3 Å². The summed E-state index contributed by atoms with van der Waals surface area (Å²) < 4.78 is 23.5. The predicted molar refractivity (Wildman–Crippen MR) is 173 cm³/mol. The third-order valence-electron chi connectivity index (χ3n) is 6.39. The van der Waals surface area contributed by atoms with E-state index in [1.807, 2.05) is 92.7 Å². The van der Waals surface area contributed by atoms with E-state index < -0.39 is 0 Å². The van der Waals surface area contributed by atoms with Gasteiger partial charge in [0.25, 0.3) is 5.91 Å². The molecular formula is C34H31ClN2O5S. The second-order valence-corrected chi connectivity index (χ2v) is 11.1. The molecule has 0 bridgehead atoms. The van der Waals surface area contributed by atoms with E-state index in [-0.39, 0.29) is 12.5 Å². The van der Waals surface area contributed by atoms with Gasteiger partial charge in [0.15, 0.2) is 28.2 Å². The average Bonchev–Trinajstić information content (AvgIpc) is 3.35. The van der Waals surface area contributed by atoms with E-state index in [1.54, 1.807) is 19.3 Å². The molecule has 1 aliphatic heterocycles. The van der Waals surface area contributed by atoms with Crippen LogP contribution in [-0.2, 0) is 18.0 Å². The van der Waals surface area contributed by atoms with Crippen LogP contribution in [-0.4, -0.2) is 24.8 Å².